The van der Waals surface area contributed by atoms with Crippen molar-refractivity contribution in [2.75, 3.05) is 11.1 Å². The second-order valence-corrected chi connectivity index (χ2v) is 7.59. The van der Waals surface area contributed by atoms with Gasteiger partial charge in [-0.05, 0) is 30.5 Å². The molecule has 0 saturated carbocycles. The van der Waals surface area contributed by atoms with Crippen molar-refractivity contribution in [3.63, 3.8) is 0 Å². The van der Waals surface area contributed by atoms with E-state index in [1.54, 1.807) is 16.0 Å². The summed E-state index contributed by atoms with van der Waals surface area (Å²) in [6.07, 6.45) is 0. The van der Waals surface area contributed by atoms with Gasteiger partial charge in [-0.3, -0.25) is 9.89 Å². The summed E-state index contributed by atoms with van der Waals surface area (Å²) < 4.78 is 1.72. The fourth-order valence-electron chi connectivity index (χ4n) is 2.50. The number of anilines is 1. The van der Waals surface area contributed by atoms with Crippen LogP contribution in [0.4, 0.5) is 5.82 Å². The number of para-hydroxylation sites is 1. The van der Waals surface area contributed by atoms with Gasteiger partial charge in [0.2, 0.25) is 11.1 Å². The van der Waals surface area contributed by atoms with Gasteiger partial charge in [-0.25, -0.2) is 9.67 Å². The van der Waals surface area contributed by atoms with Gasteiger partial charge < -0.3 is 5.32 Å². The number of hydrogen-bond donors (Lipinski definition) is 2. The fraction of sp³-hybridized carbons (Fsp3) is 0.111. The van der Waals surface area contributed by atoms with Gasteiger partial charge in [0.25, 0.3) is 0 Å². The largest absolute Gasteiger partial charge is 0.310 e. The molecule has 0 unspecified atom stereocenters. The average molecular weight is 397 g/mol. The van der Waals surface area contributed by atoms with E-state index in [2.05, 4.69) is 25.6 Å². The average Bonchev–Trinajstić information content (AvgIpc) is 3.41. The Balaban J connectivity index is 1.40. The molecule has 3 aromatic heterocycles. The molecular formula is C18H16N6OS2. The molecular weight excluding hydrogens is 380 g/mol. The first kappa shape index (κ1) is 17.5. The minimum Gasteiger partial charge on any atom is -0.310 e. The van der Waals surface area contributed by atoms with E-state index >= 15 is 0 Å². The summed E-state index contributed by atoms with van der Waals surface area (Å²) in [5, 5.41) is 16.9. The van der Waals surface area contributed by atoms with Gasteiger partial charge in [-0.15, -0.1) is 16.4 Å². The number of carbonyl (C=O) groups excluding carboxylic acids is 1. The fourth-order valence-corrected chi connectivity index (χ4v) is 3.76. The van der Waals surface area contributed by atoms with Crippen LogP contribution in [0.1, 0.15) is 5.69 Å². The summed E-state index contributed by atoms with van der Waals surface area (Å²) in [6.45, 7) is 1.89. The molecule has 27 heavy (non-hydrogen) atoms. The Kier molecular flexibility index (Phi) is 5.03. The molecule has 0 saturated heterocycles. The molecule has 9 heteroatoms. The number of carbonyl (C=O) groups is 1. The molecule has 4 rings (SSSR count). The Hall–Kier alpha value is -2.91. The number of amides is 1. The van der Waals surface area contributed by atoms with Crippen molar-refractivity contribution in [1.29, 1.82) is 0 Å². The number of aromatic amines is 1. The smallest absolute Gasteiger partial charge is 0.236 e. The number of thioether (sulfide) groups is 1. The number of aromatic nitrogens is 5. The maximum atomic E-state index is 12.4. The van der Waals surface area contributed by atoms with Crippen LogP contribution in [0.25, 0.3) is 16.4 Å². The number of nitrogens with one attached hydrogen (secondary N) is 2. The van der Waals surface area contributed by atoms with Gasteiger partial charge in [-0.1, -0.05) is 36.0 Å². The second-order valence-electron chi connectivity index (χ2n) is 5.70. The minimum atomic E-state index is -0.139. The number of benzene rings is 1. The molecule has 3 heterocycles. The Bertz CT molecular complexity index is 1040. The van der Waals surface area contributed by atoms with Crippen molar-refractivity contribution in [2.24, 2.45) is 0 Å². The Morgan fingerprint density at radius 3 is 2.89 bits per heavy atom. The first-order chi connectivity index (χ1) is 13.2. The van der Waals surface area contributed by atoms with E-state index in [9.17, 15) is 4.79 Å². The van der Waals surface area contributed by atoms with Gasteiger partial charge in [0, 0.05) is 6.07 Å². The van der Waals surface area contributed by atoms with Crippen LogP contribution in [0, 0.1) is 6.92 Å². The van der Waals surface area contributed by atoms with Crippen LogP contribution in [-0.2, 0) is 4.79 Å². The molecule has 1 aromatic carbocycles. The van der Waals surface area contributed by atoms with E-state index in [1.807, 2.05) is 60.8 Å². The van der Waals surface area contributed by atoms with Crippen molar-refractivity contribution in [3.05, 3.63) is 59.6 Å². The minimum absolute atomic E-state index is 0.139. The number of rotatable bonds is 6. The zero-order chi connectivity index (χ0) is 18.6. The van der Waals surface area contributed by atoms with E-state index in [0.717, 1.165) is 16.3 Å². The monoisotopic (exact) mass is 396 g/mol. The van der Waals surface area contributed by atoms with Gasteiger partial charge >= 0.3 is 0 Å². The molecule has 0 aliphatic heterocycles. The number of thiophene rings is 1. The zero-order valence-electron chi connectivity index (χ0n) is 14.4. The highest BCUT2D eigenvalue weighted by molar-refractivity contribution is 7.99. The Morgan fingerprint density at radius 2 is 2.11 bits per heavy atom. The topological polar surface area (TPSA) is 88.5 Å². The third-order valence-electron chi connectivity index (χ3n) is 3.65. The molecule has 0 atom stereocenters. The van der Waals surface area contributed by atoms with Gasteiger partial charge in [0.05, 0.1) is 22.0 Å². The lowest BCUT2D eigenvalue weighted by molar-refractivity contribution is -0.113. The molecule has 1 amide bonds. The van der Waals surface area contributed by atoms with Crippen molar-refractivity contribution in [1.82, 2.24) is 25.0 Å². The molecule has 0 bridgehead atoms. The predicted molar refractivity (Wildman–Crippen MR) is 107 cm³/mol. The van der Waals surface area contributed by atoms with Crippen LogP contribution in [-0.4, -0.2) is 36.6 Å². The molecule has 0 radical (unpaired) electrons. The lowest BCUT2D eigenvalue weighted by Crippen LogP contribution is -2.17. The normalized spacial score (nSPS) is 10.9. The SMILES string of the molecule is Cc1cc(NC(=O)CSc2n[nH]c(-c3cccs3)n2)n(-c2ccccc2)n1. The Labute approximate surface area is 163 Å². The van der Waals surface area contributed by atoms with Crippen LogP contribution in [0.3, 0.4) is 0 Å². The summed E-state index contributed by atoms with van der Waals surface area (Å²) in [6, 6.07) is 15.5. The van der Waals surface area contributed by atoms with Crippen LogP contribution >= 0.6 is 23.1 Å². The van der Waals surface area contributed by atoms with E-state index in [-0.39, 0.29) is 11.7 Å². The maximum Gasteiger partial charge on any atom is 0.236 e. The van der Waals surface area contributed by atoms with Crippen molar-refractivity contribution < 1.29 is 4.79 Å². The first-order valence-electron chi connectivity index (χ1n) is 8.20. The van der Waals surface area contributed by atoms with Crippen molar-refractivity contribution in [2.45, 2.75) is 12.1 Å². The maximum absolute atomic E-state index is 12.4. The van der Waals surface area contributed by atoms with Crippen molar-refractivity contribution in [3.8, 4) is 16.4 Å². The molecule has 136 valence electrons. The number of H-pyrrole nitrogens is 1. The molecule has 7 nitrogen and oxygen atoms in total. The van der Waals surface area contributed by atoms with E-state index in [4.69, 9.17) is 0 Å². The molecule has 4 aromatic rings. The quantitative estimate of drug-likeness (QED) is 0.485. The molecule has 0 aliphatic carbocycles. The predicted octanol–water partition coefficient (Wildman–Crippen LogP) is 3.76. The lowest BCUT2D eigenvalue weighted by Gasteiger charge is -2.08. The third-order valence-corrected chi connectivity index (χ3v) is 5.38. The molecule has 0 fully saturated rings. The van der Waals surface area contributed by atoms with Crippen LogP contribution < -0.4 is 5.32 Å². The second kappa shape index (κ2) is 7.77. The first-order valence-corrected chi connectivity index (χ1v) is 10.1. The summed E-state index contributed by atoms with van der Waals surface area (Å²) >= 11 is 2.87. The third kappa shape index (κ3) is 4.09. The Morgan fingerprint density at radius 1 is 1.26 bits per heavy atom. The highest BCUT2D eigenvalue weighted by Gasteiger charge is 2.13. The van der Waals surface area contributed by atoms with Gasteiger partial charge in [0.15, 0.2) is 5.82 Å². The summed E-state index contributed by atoms with van der Waals surface area (Å²) in [5.41, 5.74) is 1.72. The zero-order valence-corrected chi connectivity index (χ0v) is 16.0. The number of aryl methyl sites for hydroxylation is 1. The van der Waals surface area contributed by atoms with Gasteiger partial charge in [0.1, 0.15) is 5.82 Å². The number of nitrogens with zero attached hydrogens (tertiary/aromatic N) is 4. The standard InChI is InChI=1S/C18H16N6OS2/c1-12-10-15(24(23-12)13-6-3-2-4-7-13)19-16(25)11-27-18-20-17(21-22-18)14-8-5-9-26-14/h2-10H,11H2,1H3,(H,19,25)(H,20,21,22). The van der Waals surface area contributed by atoms with Crippen LogP contribution in [0.5, 0.6) is 0 Å². The summed E-state index contributed by atoms with van der Waals surface area (Å²) in [4.78, 5) is 17.8. The van der Waals surface area contributed by atoms with E-state index in [1.165, 1.54) is 11.8 Å². The van der Waals surface area contributed by atoms with Crippen LogP contribution in [0.15, 0.2) is 59.1 Å². The van der Waals surface area contributed by atoms with E-state index < -0.39 is 0 Å². The van der Waals surface area contributed by atoms with Crippen LogP contribution in [0.2, 0.25) is 0 Å². The molecule has 0 aliphatic rings. The van der Waals surface area contributed by atoms with Crippen molar-refractivity contribution >= 4 is 34.8 Å². The van der Waals surface area contributed by atoms with Gasteiger partial charge in [-0.2, -0.15) is 5.10 Å². The summed E-state index contributed by atoms with van der Waals surface area (Å²) in [7, 11) is 0. The highest BCUT2D eigenvalue weighted by atomic mass is 32.2. The molecule has 2 N–H and O–H groups in total. The molecule has 0 spiro atoms. The highest BCUT2D eigenvalue weighted by Crippen LogP contribution is 2.23. The van der Waals surface area contributed by atoms with E-state index in [0.29, 0.717) is 16.8 Å². The number of hydrogen-bond acceptors (Lipinski definition) is 6. The summed E-state index contributed by atoms with van der Waals surface area (Å²) in [5.74, 6) is 1.42. The lowest BCUT2D eigenvalue weighted by atomic mass is 10.3.